The Morgan fingerprint density at radius 1 is 1.39 bits per heavy atom. The smallest absolute Gasteiger partial charge is 0.345 e. The van der Waals surface area contributed by atoms with Gasteiger partial charge in [-0.05, 0) is 42.8 Å². The summed E-state index contributed by atoms with van der Waals surface area (Å²) in [6.07, 6.45) is 0. The Bertz CT molecular complexity index is 563. The van der Waals surface area contributed by atoms with E-state index >= 15 is 0 Å². The molecule has 0 fully saturated rings. The van der Waals surface area contributed by atoms with Crippen molar-refractivity contribution in [2.24, 2.45) is 0 Å². The molecule has 0 atom stereocenters. The largest absolute Gasteiger partial charge is 0.477 e. The van der Waals surface area contributed by atoms with Crippen LogP contribution in [0.15, 0.2) is 30.3 Å². The monoisotopic (exact) mass is 265 g/mol. The second-order valence-electron chi connectivity index (χ2n) is 3.86. The number of hydrogen-bond donors (Lipinski definition) is 2. The molecule has 0 aliphatic heterocycles. The first kappa shape index (κ1) is 12.6. The van der Waals surface area contributed by atoms with Gasteiger partial charge >= 0.3 is 5.97 Å². The third-order valence-electron chi connectivity index (χ3n) is 2.56. The Kier molecular flexibility index (Phi) is 3.62. The number of aromatic carboxylic acids is 1. The molecular formula is C13H12FNO2S. The van der Waals surface area contributed by atoms with Crippen LogP contribution in [0.1, 0.15) is 20.1 Å². The van der Waals surface area contributed by atoms with Gasteiger partial charge in [0.1, 0.15) is 10.7 Å². The Balaban J connectivity index is 2.06. The summed E-state index contributed by atoms with van der Waals surface area (Å²) < 4.78 is 12.7. The number of benzene rings is 1. The number of thiophene rings is 1. The van der Waals surface area contributed by atoms with Crippen LogP contribution in [-0.4, -0.2) is 11.1 Å². The molecule has 2 aromatic rings. The molecule has 0 radical (unpaired) electrons. The van der Waals surface area contributed by atoms with Crippen LogP contribution in [0.5, 0.6) is 0 Å². The minimum Gasteiger partial charge on any atom is -0.477 e. The van der Waals surface area contributed by atoms with Gasteiger partial charge in [0.2, 0.25) is 0 Å². The molecule has 0 aliphatic carbocycles. The van der Waals surface area contributed by atoms with Crippen molar-refractivity contribution in [2.45, 2.75) is 13.5 Å². The zero-order chi connectivity index (χ0) is 13.1. The van der Waals surface area contributed by atoms with Crippen LogP contribution >= 0.6 is 11.3 Å². The van der Waals surface area contributed by atoms with Crippen LogP contribution in [0.4, 0.5) is 10.1 Å². The average Bonchev–Trinajstić information content (AvgIpc) is 2.70. The van der Waals surface area contributed by atoms with Crippen molar-refractivity contribution < 1.29 is 14.3 Å². The van der Waals surface area contributed by atoms with Crippen molar-refractivity contribution >= 4 is 23.0 Å². The normalized spacial score (nSPS) is 10.3. The summed E-state index contributed by atoms with van der Waals surface area (Å²) >= 11 is 1.26. The van der Waals surface area contributed by atoms with Crippen molar-refractivity contribution in [3.63, 3.8) is 0 Å². The molecule has 0 aliphatic rings. The van der Waals surface area contributed by atoms with Gasteiger partial charge in [-0.3, -0.25) is 0 Å². The Morgan fingerprint density at radius 3 is 2.61 bits per heavy atom. The highest BCUT2D eigenvalue weighted by molar-refractivity contribution is 7.14. The topological polar surface area (TPSA) is 49.3 Å². The third-order valence-corrected chi connectivity index (χ3v) is 3.64. The van der Waals surface area contributed by atoms with Gasteiger partial charge in [0.25, 0.3) is 0 Å². The summed E-state index contributed by atoms with van der Waals surface area (Å²) in [5.74, 6) is -1.18. The van der Waals surface area contributed by atoms with E-state index in [0.717, 1.165) is 16.1 Å². The van der Waals surface area contributed by atoms with E-state index in [1.165, 1.54) is 23.5 Å². The molecule has 0 bridgehead atoms. The molecule has 0 amide bonds. The van der Waals surface area contributed by atoms with Crippen molar-refractivity contribution in [2.75, 3.05) is 5.32 Å². The summed E-state index contributed by atoms with van der Waals surface area (Å²) in [7, 11) is 0. The number of anilines is 1. The number of aryl methyl sites for hydroxylation is 1. The molecule has 1 aromatic carbocycles. The maximum Gasteiger partial charge on any atom is 0.345 e. The lowest BCUT2D eigenvalue weighted by molar-refractivity contribution is 0.0702. The van der Waals surface area contributed by atoms with Crippen LogP contribution in [0.3, 0.4) is 0 Å². The van der Waals surface area contributed by atoms with E-state index in [-0.39, 0.29) is 5.82 Å². The van der Waals surface area contributed by atoms with Gasteiger partial charge < -0.3 is 10.4 Å². The fourth-order valence-electron chi connectivity index (χ4n) is 1.57. The third kappa shape index (κ3) is 2.87. The summed E-state index contributed by atoms with van der Waals surface area (Å²) in [5.41, 5.74) is 1.75. The molecule has 0 spiro atoms. The summed E-state index contributed by atoms with van der Waals surface area (Å²) in [6, 6.07) is 7.72. The van der Waals surface area contributed by atoms with Crippen LogP contribution in [-0.2, 0) is 6.54 Å². The molecule has 2 rings (SSSR count). The van der Waals surface area contributed by atoms with Crippen LogP contribution < -0.4 is 5.32 Å². The van der Waals surface area contributed by atoms with Gasteiger partial charge in [-0.2, -0.15) is 0 Å². The van der Waals surface area contributed by atoms with E-state index in [4.69, 9.17) is 5.11 Å². The number of halogens is 1. The molecule has 3 nitrogen and oxygen atoms in total. The fraction of sp³-hybridized carbons (Fsp3) is 0.154. The highest BCUT2D eigenvalue weighted by Crippen LogP contribution is 2.22. The predicted octanol–water partition coefficient (Wildman–Crippen LogP) is 3.51. The maximum atomic E-state index is 12.7. The first-order chi connectivity index (χ1) is 8.56. The zero-order valence-corrected chi connectivity index (χ0v) is 10.6. The molecule has 1 aromatic heterocycles. The Labute approximate surface area is 108 Å². The quantitative estimate of drug-likeness (QED) is 0.889. The van der Waals surface area contributed by atoms with E-state index in [2.05, 4.69) is 5.32 Å². The molecule has 0 saturated carbocycles. The number of hydrogen-bond acceptors (Lipinski definition) is 3. The fourth-order valence-corrected chi connectivity index (χ4v) is 2.45. The van der Waals surface area contributed by atoms with Gasteiger partial charge in [-0.15, -0.1) is 11.3 Å². The van der Waals surface area contributed by atoms with E-state index in [9.17, 15) is 9.18 Å². The molecule has 2 N–H and O–H groups in total. The highest BCUT2D eigenvalue weighted by Gasteiger charge is 2.10. The average molecular weight is 265 g/mol. The van der Waals surface area contributed by atoms with Gasteiger partial charge in [0, 0.05) is 17.1 Å². The highest BCUT2D eigenvalue weighted by atomic mass is 32.1. The predicted molar refractivity (Wildman–Crippen MR) is 69.7 cm³/mol. The molecule has 18 heavy (non-hydrogen) atoms. The summed E-state index contributed by atoms with van der Waals surface area (Å²) in [6.45, 7) is 2.42. The lowest BCUT2D eigenvalue weighted by atomic mass is 10.2. The van der Waals surface area contributed by atoms with Gasteiger partial charge in [-0.25, -0.2) is 9.18 Å². The van der Waals surface area contributed by atoms with Crippen LogP contribution in [0.25, 0.3) is 0 Å². The molecule has 0 unspecified atom stereocenters. The standard InChI is InChI=1S/C13H12FNO2S/c1-8-9(6-12(18-8)13(16)17)7-15-11-4-2-10(14)3-5-11/h2-6,15H,7H2,1H3,(H,16,17). The minimum absolute atomic E-state index is 0.277. The first-order valence-electron chi connectivity index (χ1n) is 5.38. The van der Waals surface area contributed by atoms with Crippen molar-refractivity contribution in [1.29, 1.82) is 0 Å². The maximum absolute atomic E-state index is 12.7. The number of nitrogens with one attached hydrogen (secondary N) is 1. The van der Waals surface area contributed by atoms with Crippen LogP contribution in [0, 0.1) is 12.7 Å². The molecule has 1 heterocycles. The SMILES string of the molecule is Cc1sc(C(=O)O)cc1CNc1ccc(F)cc1. The minimum atomic E-state index is -0.906. The number of carboxylic acid groups (broad SMARTS) is 1. The van der Waals surface area contributed by atoms with E-state index < -0.39 is 5.97 Å². The van der Waals surface area contributed by atoms with E-state index in [1.54, 1.807) is 18.2 Å². The summed E-state index contributed by atoms with van der Waals surface area (Å²) in [5, 5.41) is 12.0. The Morgan fingerprint density at radius 2 is 2.06 bits per heavy atom. The van der Waals surface area contributed by atoms with Gasteiger partial charge in [0.15, 0.2) is 0 Å². The second-order valence-corrected chi connectivity index (χ2v) is 5.11. The lowest BCUT2D eigenvalue weighted by Crippen LogP contribution is -1.99. The zero-order valence-electron chi connectivity index (χ0n) is 9.74. The van der Waals surface area contributed by atoms with Crippen molar-refractivity contribution in [1.82, 2.24) is 0 Å². The Hall–Kier alpha value is -1.88. The van der Waals surface area contributed by atoms with E-state index in [1.807, 2.05) is 6.92 Å². The molecule has 0 saturated heterocycles. The molecule has 5 heteroatoms. The molecule has 94 valence electrons. The summed E-state index contributed by atoms with van der Waals surface area (Å²) in [4.78, 5) is 12.1. The van der Waals surface area contributed by atoms with E-state index in [0.29, 0.717) is 11.4 Å². The molecular weight excluding hydrogens is 253 g/mol. The van der Waals surface area contributed by atoms with Crippen molar-refractivity contribution in [3.05, 3.63) is 51.5 Å². The van der Waals surface area contributed by atoms with Gasteiger partial charge in [0.05, 0.1) is 0 Å². The first-order valence-corrected chi connectivity index (χ1v) is 6.20. The lowest BCUT2D eigenvalue weighted by Gasteiger charge is -2.05. The van der Waals surface area contributed by atoms with Crippen molar-refractivity contribution in [3.8, 4) is 0 Å². The van der Waals surface area contributed by atoms with Crippen LogP contribution in [0.2, 0.25) is 0 Å². The van der Waals surface area contributed by atoms with Gasteiger partial charge in [-0.1, -0.05) is 0 Å². The number of rotatable bonds is 4. The number of carbonyl (C=O) groups is 1. The second kappa shape index (κ2) is 5.18. The number of carboxylic acids is 1.